The minimum atomic E-state index is -0.233. The second-order valence-corrected chi connectivity index (χ2v) is 2.86. The van der Waals surface area contributed by atoms with E-state index >= 15 is 0 Å². The van der Waals surface area contributed by atoms with Gasteiger partial charge in [-0.3, -0.25) is 0 Å². The van der Waals surface area contributed by atoms with Crippen LogP contribution in [0.4, 0.5) is 4.39 Å². The molecule has 0 atom stereocenters. The molecule has 0 radical (unpaired) electrons. The first-order chi connectivity index (χ1) is 5.68. The van der Waals surface area contributed by atoms with Crippen molar-refractivity contribution in [3.63, 3.8) is 0 Å². The van der Waals surface area contributed by atoms with Crippen molar-refractivity contribution < 1.29 is 4.39 Å². The van der Waals surface area contributed by atoms with Crippen LogP contribution in [0.15, 0.2) is 18.3 Å². The summed E-state index contributed by atoms with van der Waals surface area (Å²) in [4.78, 5) is 4.25. The van der Waals surface area contributed by atoms with Crippen LogP contribution in [-0.4, -0.2) is 9.38 Å². The summed E-state index contributed by atoms with van der Waals surface area (Å²) in [5.41, 5.74) is 2.73. The molecule has 12 heavy (non-hydrogen) atoms. The summed E-state index contributed by atoms with van der Waals surface area (Å²) in [6.07, 6.45) is 1.45. The van der Waals surface area contributed by atoms with Gasteiger partial charge >= 0.3 is 0 Å². The molecular weight excluding hydrogens is 155 g/mol. The molecule has 0 bridgehead atoms. The van der Waals surface area contributed by atoms with Crippen LogP contribution in [-0.2, 0) is 0 Å². The van der Waals surface area contributed by atoms with Gasteiger partial charge in [0.1, 0.15) is 11.5 Å². The molecule has 0 aromatic carbocycles. The van der Waals surface area contributed by atoms with Gasteiger partial charge in [-0.1, -0.05) is 0 Å². The lowest BCUT2D eigenvalue weighted by atomic mass is 10.4. The normalized spacial score (nSPS) is 10.9. The first-order valence-corrected chi connectivity index (χ1v) is 3.79. The van der Waals surface area contributed by atoms with Crippen molar-refractivity contribution in [2.75, 3.05) is 0 Å². The number of pyridine rings is 1. The van der Waals surface area contributed by atoms with Gasteiger partial charge in [0.2, 0.25) is 0 Å². The Morgan fingerprint density at radius 3 is 2.83 bits per heavy atom. The van der Waals surface area contributed by atoms with Crippen molar-refractivity contribution >= 4 is 5.65 Å². The van der Waals surface area contributed by atoms with E-state index in [-0.39, 0.29) is 5.82 Å². The molecule has 0 aliphatic heterocycles. The lowest BCUT2D eigenvalue weighted by Gasteiger charge is -1.94. The van der Waals surface area contributed by atoms with Crippen LogP contribution in [0.5, 0.6) is 0 Å². The van der Waals surface area contributed by atoms with Crippen LogP contribution < -0.4 is 0 Å². The lowest BCUT2D eigenvalue weighted by Crippen LogP contribution is -1.88. The maximum atomic E-state index is 12.8. The van der Waals surface area contributed by atoms with Gasteiger partial charge in [-0.15, -0.1) is 0 Å². The zero-order valence-electron chi connectivity index (χ0n) is 7.00. The molecule has 2 rings (SSSR count). The molecule has 2 nitrogen and oxygen atoms in total. The van der Waals surface area contributed by atoms with E-state index in [2.05, 4.69) is 4.98 Å². The molecule has 2 heterocycles. The number of aromatic nitrogens is 2. The lowest BCUT2D eigenvalue weighted by molar-refractivity contribution is 0.618. The van der Waals surface area contributed by atoms with E-state index in [9.17, 15) is 4.39 Å². The third kappa shape index (κ3) is 0.897. The maximum absolute atomic E-state index is 12.8. The van der Waals surface area contributed by atoms with Gasteiger partial charge in [-0.2, -0.15) is 0 Å². The van der Waals surface area contributed by atoms with Gasteiger partial charge in [0, 0.05) is 11.9 Å². The number of aryl methyl sites for hydroxylation is 2. The number of halogens is 1. The largest absolute Gasteiger partial charge is 0.301 e. The second-order valence-electron chi connectivity index (χ2n) is 2.86. The van der Waals surface area contributed by atoms with E-state index in [1.807, 2.05) is 13.8 Å². The molecule has 0 aliphatic carbocycles. The van der Waals surface area contributed by atoms with Gasteiger partial charge in [0.25, 0.3) is 0 Å². The fourth-order valence-electron chi connectivity index (χ4n) is 1.25. The fraction of sp³-hybridized carbons (Fsp3) is 0.222. The van der Waals surface area contributed by atoms with Gasteiger partial charge in [-0.25, -0.2) is 9.37 Å². The van der Waals surface area contributed by atoms with Crippen LogP contribution in [0.25, 0.3) is 5.65 Å². The van der Waals surface area contributed by atoms with Crippen molar-refractivity contribution in [3.8, 4) is 0 Å². The maximum Gasteiger partial charge on any atom is 0.139 e. The number of hydrogen-bond acceptors (Lipinski definition) is 1. The minimum Gasteiger partial charge on any atom is -0.301 e. The Labute approximate surface area is 69.7 Å². The van der Waals surface area contributed by atoms with E-state index in [0.29, 0.717) is 0 Å². The first kappa shape index (κ1) is 7.28. The topological polar surface area (TPSA) is 17.3 Å². The zero-order valence-corrected chi connectivity index (χ0v) is 7.00. The average Bonchev–Trinajstić information content (AvgIpc) is 2.31. The van der Waals surface area contributed by atoms with Crippen molar-refractivity contribution in [3.05, 3.63) is 35.5 Å². The number of hydrogen-bond donors (Lipinski definition) is 0. The highest BCUT2D eigenvalue weighted by molar-refractivity contribution is 5.42. The summed E-state index contributed by atoms with van der Waals surface area (Å²) in [5, 5.41) is 0. The first-order valence-electron chi connectivity index (χ1n) is 3.79. The molecule has 0 unspecified atom stereocenters. The van der Waals surface area contributed by atoms with Crippen LogP contribution in [0.1, 0.15) is 11.4 Å². The molecule has 3 heteroatoms. The summed E-state index contributed by atoms with van der Waals surface area (Å²) in [5.74, 6) is -0.233. The van der Waals surface area contributed by atoms with E-state index in [1.165, 1.54) is 12.3 Å². The monoisotopic (exact) mass is 164 g/mol. The third-order valence-electron chi connectivity index (χ3n) is 2.06. The molecule has 0 spiro atoms. The quantitative estimate of drug-likeness (QED) is 0.582. The van der Waals surface area contributed by atoms with Crippen LogP contribution in [0.3, 0.4) is 0 Å². The Bertz CT molecular complexity index is 431. The molecule has 62 valence electrons. The predicted octanol–water partition coefficient (Wildman–Crippen LogP) is 2.09. The standard InChI is InChI=1S/C9H9FN2/c1-6-7(2)12-5-8(10)3-4-9(12)11-6/h3-5H,1-2H3. The van der Waals surface area contributed by atoms with Gasteiger partial charge in [-0.05, 0) is 26.0 Å². The van der Waals surface area contributed by atoms with E-state index in [1.54, 1.807) is 10.5 Å². The second kappa shape index (κ2) is 2.30. The molecule has 0 amide bonds. The number of fused-ring (bicyclic) bond motifs is 1. The summed E-state index contributed by atoms with van der Waals surface area (Å²) >= 11 is 0. The molecule has 0 N–H and O–H groups in total. The summed E-state index contributed by atoms with van der Waals surface area (Å²) < 4.78 is 14.5. The van der Waals surface area contributed by atoms with Crippen molar-refractivity contribution in [1.29, 1.82) is 0 Å². The average molecular weight is 164 g/mol. The molecule has 0 aliphatic rings. The van der Waals surface area contributed by atoms with E-state index in [0.717, 1.165) is 17.0 Å². The van der Waals surface area contributed by atoms with Gasteiger partial charge < -0.3 is 4.40 Å². The van der Waals surface area contributed by atoms with Crippen molar-refractivity contribution in [2.24, 2.45) is 0 Å². The highest BCUT2D eigenvalue weighted by atomic mass is 19.1. The van der Waals surface area contributed by atoms with Crippen LogP contribution >= 0.6 is 0 Å². The highest BCUT2D eigenvalue weighted by Gasteiger charge is 2.03. The Hall–Kier alpha value is -1.38. The number of imidazole rings is 1. The Kier molecular flexibility index (Phi) is 1.40. The summed E-state index contributed by atoms with van der Waals surface area (Å²) in [7, 11) is 0. The molecular formula is C9H9FN2. The van der Waals surface area contributed by atoms with Crippen molar-refractivity contribution in [2.45, 2.75) is 13.8 Å². The Morgan fingerprint density at radius 2 is 2.08 bits per heavy atom. The third-order valence-corrected chi connectivity index (χ3v) is 2.06. The predicted molar refractivity (Wildman–Crippen MR) is 44.6 cm³/mol. The molecule has 0 saturated carbocycles. The molecule has 0 saturated heterocycles. The highest BCUT2D eigenvalue weighted by Crippen LogP contribution is 2.11. The van der Waals surface area contributed by atoms with Gasteiger partial charge in [0.05, 0.1) is 5.69 Å². The Morgan fingerprint density at radius 1 is 1.33 bits per heavy atom. The van der Waals surface area contributed by atoms with Crippen LogP contribution in [0.2, 0.25) is 0 Å². The van der Waals surface area contributed by atoms with Crippen molar-refractivity contribution in [1.82, 2.24) is 9.38 Å². The van der Waals surface area contributed by atoms with Crippen LogP contribution in [0, 0.1) is 19.7 Å². The number of rotatable bonds is 0. The molecule has 2 aromatic heterocycles. The SMILES string of the molecule is Cc1nc2ccc(F)cn2c1C. The Balaban J connectivity index is 2.88. The van der Waals surface area contributed by atoms with Gasteiger partial charge in [0.15, 0.2) is 0 Å². The number of nitrogens with zero attached hydrogens (tertiary/aromatic N) is 2. The smallest absolute Gasteiger partial charge is 0.139 e. The molecule has 0 fully saturated rings. The summed E-state index contributed by atoms with van der Waals surface area (Å²) in [6, 6.07) is 3.09. The molecule has 2 aromatic rings. The van der Waals surface area contributed by atoms with E-state index < -0.39 is 0 Å². The summed E-state index contributed by atoms with van der Waals surface area (Å²) in [6.45, 7) is 3.84. The zero-order chi connectivity index (χ0) is 8.72. The fourth-order valence-corrected chi connectivity index (χ4v) is 1.25. The van der Waals surface area contributed by atoms with E-state index in [4.69, 9.17) is 0 Å². The minimum absolute atomic E-state index is 0.233.